The maximum atomic E-state index is 13.5. The second kappa shape index (κ2) is 4.84. The number of aromatic nitrogens is 1. The summed E-state index contributed by atoms with van der Waals surface area (Å²) in [6.45, 7) is 3.99. The molecule has 88 valence electrons. The van der Waals surface area contributed by atoms with Crippen LogP contribution in [-0.2, 0) is 0 Å². The molecule has 0 saturated carbocycles. The van der Waals surface area contributed by atoms with Crippen molar-refractivity contribution in [3.63, 3.8) is 0 Å². The minimum atomic E-state index is -0.488. The maximum absolute atomic E-state index is 13.5. The molecule has 0 amide bonds. The van der Waals surface area contributed by atoms with E-state index in [0.29, 0.717) is 10.2 Å². The van der Waals surface area contributed by atoms with Crippen molar-refractivity contribution in [2.75, 3.05) is 0 Å². The van der Waals surface area contributed by atoms with Crippen molar-refractivity contribution < 1.29 is 9.13 Å². The van der Waals surface area contributed by atoms with Crippen molar-refractivity contribution >= 4 is 15.9 Å². The fourth-order valence-corrected chi connectivity index (χ4v) is 1.67. The number of benzene rings is 1. The van der Waals surface area contributed by atoms with Crippen LogP contribution >= 0.6 is 15.9 Å². The number of rotatable bonds is 2. The van der Waals surface area contributed by atoms with E-state index in [0.717, 1.165) is 5.56 Å². The van der Waals surface area contributed by atoms with Crippen molar-refractivity contribution in [2.24, 2.45) is 0 Å². The van der Waals surface area contributed by atoms with Crippen LogP contribution in [0.3, 0.4) is 0 Å². The third kappa shape index (κ3) is 2.82. The second-order valence-electron chi connectivity index (χ2n) is 3.79. The van der Waals surface area contributed by atoms with Crippen molar-refractivity contribution in [1.82, 2.24) is 4.98 Å². The van der Waals surface area contributed by atoms with E-state index in [4.69, 9.17) is 4.74 Å². The van der Waals surface area contributed by atoms with Crippen LogP contribution in [-0.4, -0.2) is 4.98 Å². The van der Waals surface area contributed by atoms with Crippen LogP contribution in [0.25, 0.3) is 0 Å². The van der Waals surface area contributed by atoms with Gasteiger partial charge in [0.15, 0.2) is 5.82 Å². The lowest BCUT2D eigenvalue weighted by atomic mass is 10.1. The predicted molar refractivity (Wildman–Crippen MR) is 67.9 cm³/mol. The molecule has 0 aliphatic rings. The summed E-state index contributed by atoms with van der Waals surface area (Å²) in [4.78, 5) is 3.88. The third-order valence-electron chi connectivity index (χ3n) is 2.47. The van der Waals surface area contributed by atoms with E-state index in [2.05, 4.69) is 20.9 Å². The molecule has 1 aromatic carbocycles. The summed E-state index contributed by atoms with van der Waals surface area (Å²) in [5.74, 6) is 0.0795. The van der Waals surface area contributed by atoms with Crippen LogP contribution in [0.15, 0.2) is 34.9 Å². The molecule has 17 heavy (non-hydrogen) atoms. The quantitative estimate of drug-likeness (QED) is 0.820. The smallest absolute Gasteiger partial charge is 0.255 e. The molecule has 1 heterocycles. The zero-order valence-electron chi connectivity index (χ0n) is 9.50. The van der Waals surface area contributed by atoms with Gasteiger partial charge in [0.2, 0.25) is 0 Å². The minimum Gasteiger partial charge on any atom is -0.436 e. The molecule has 0 fully saturated rings. The monoisotopic (exact) mass is 295 g/mol. The van der Waals surface area contributed by atoms with E-state index >= 15 is 0 Å². The number of hydrogen-bond donors (Lipinski definition) is 0. The van der Waals surface area contributed by atoms with E-state index < -0.39 is 5.82 Å². The first kappa shape index (κ1) is 12.0. The number of halogens is 2. The summed E-state index contributed by atoms with van der Waals surface area (Å²) in [6.07, 6.45) is 1.50. The Labute approximate surface area is 108 Å². The Bertz CT molecular complexity index is 557. The first-order chi connectivity index (χ1) is 8.06. The topological polar surface area (TPSA) is 22.1 Å². The highest BCUT2D eigenvalue weighted by atomic mass is 79.9. The van der Waals surface area contributed by atoms with Gasteiger partial charge in [-0.25, -0.2) is 9.37 Å². The zero-order valence-corrected chi connectivity index (χ0v) is 11.1. The van der Waals surface area contributed by atoms with Crippen LogP contribution in [0.5, 0.6) is 11.6 Å². The van der Waals surface area contributed by atoms with Gasteiger partial charge in [0.25, 0.3) is 5.88 Å². The first-order valence-corrected chi connectivity index (χ1v) is 5.92. The molecular formula is C13H11BrFNO. The van der Waals surface area contributed by atoms with Gasteiger partial charge < -0.3 is 4.74 Å². The number of pyridine rings is 1. The number of nitrogens with zero attached hydrogens (tertiary/aromatic N) is 1. The lowest BCUT2D eigenvalue weighted by molar-refractivity contribution is 0.422. The highest BCUT2D eigenvalue weighted by Gasteiger charge is 2.07. The summed E-state index contributed by atoms with van der Waals surface area (Å²) >= 11 is 3.14. The summed E-state index contributed by atoms with van der Waals surface area (Å²) < 4.78 is 19.5. The lowest BCUT2D eigenvalue weighted by Gasteiger charge is -2.07. The highest BCUT2D eigenvalue weighted by molar-refractivity contribution is 9.10. The molecule has 0 spiro atoms. The summed E-state index contributed by atoms with van der Waals surface area (Å²) in [6, 6.07) is 6.91. The zero-order chi connectivity index (χ0) is 12.4. The third-order valence-corrected chi connectivity index (χ3v) is 2.90. The van der Waals surface area contributed by atoms with Gasteiger partial charge in [-0.3, -0.25) is 0 Å². The van der Waals surface area contributed by atoms with Gasteiger partial charge >= 0.3 is 0 Å². The number of aryl methyl sites for hydroxylation is 2. The fraction of sp³-hybridized carbons (Fsp3) is 0.154. The van der Waals surface area contributed by atoms with E-state index in [1.54, 1.807) is 6.07 Å². The molecule has 4 heteroatoms. The van der Waals surface area contributed by atoms with Gasteiger partial charge in [-0.05, 0) is 59.1 Å². The summed E-state index contributed by atoms with van der Waals surface area (Å²) in [5, 5.41) is 0. The largest absolute Gasteiger partial charge is 0.436 e. The molecule has 2 aromatic rings. The van der Waals surface area contributed by atoms with Gasteiger partial charge in [0.1, 0.15) is 5.75 Å². The summed E-state index contributed by atoms with van der Waals surface area (Å²) in [5.41, 5.74) is 2.27. The van der Waals surface area contributed by atoms with Gasteiger partial charge in [-0.1, -0.05) is 6.07 Å². The maximum Gasteiger partial charge on any atom is 0.255 e. The Morgan fingerprint density at radius 2 is 1.94 bits per heavy atom. The Morgan fingerprint density at radius 3 is 2.59 bits per heavy atom. The highest BCUT2D eigenvalue weighted by Crippen LogP contribution is 2.25. The van der Waals surface area contributed by atoms with Crippen LogP contribution < -0.4 is 4.74 Å². The Morgan fingerprint density at radius 1 is 1.18 bits per heavy atom. The van der Waals surface area contributed by atoms with Crippen LogP contribution in [0.2, 0.25) is 0 Å². The van der Waals surface area contributed by atoms with Crippen molar-refractivity contribution in [3.8, 4) is 11.6 Å². The molecule has 1 aromatic heterocycles. The first-order valence-electron chi connectivity index (χ1n) is 5.12. The van der Waals surface area contributed by atoms with E-state index in [1.807, 2.05) is 26.0 Å². The molecule has 2 nitrogen and oxygen atoms in total. The molecule has 0 unspecified atom stereocenters. The predicted octanol–water partition coefficient (Wildman–Crippen LogP) is 4.39. The number of ether oxygens (including phenoxy) is 1. The molecule has 0 aliphatic carbocycles. The van der Waals surface area contributed by atoms with Crippen molar-refractivity contribution in [2.45, 2.75) is 13.8 Å². The average molecular weight is 296 g/mol. The van der Waals surface area contributed by atoms with Crippen LogP contribution in [0.1, 0.15) is 11.1 Å². The lowest BCUT2D eigenvalue weighted by Crippen LogP contribution is -1.92. The number of hydrogen-bond acceptors (Lipinski definition) is 2. The average Bonchev–Trinajstić information content (AvgIpc) is 2.27. The van der Waals surface area contributed by atoms with E-state index in [9.17, 15) is 4.39 Å². The van der Waals surface area contributed by atoms with Crippen LogP contribution in [0, 0.1) is 19.7 Å². The standard InChI is InChI=1S/C13H11BrFNO/c1-8-3-4-11(5-9(8)2)17-13-12(15)6-10(14)7-16-13/h3-7H,1-2H3. The van der Waals surface area contributed by atoms with Gasteiger partial charge in [0, 0.05) is 10.7 Å². The molecule has 0 atom stereocenters. The van der Waals surface area contributed by atoms with E-state index in [-0.39, 0.29) is 5.88 Å². The van der Waals surface area contributed by atoms with E-state index in [1.165, 1.54) is 17.8 Å². The molecule has 0 bridgehead atoms. The van der Waals surface area contributed by atoms with Crippen molar-refractivity contribution in [3.05, 3.63) is 51.9 Å². The Hall–Kier alpha value is -1.42. The SMILES string of the molecule is Cc1ccc(Oc2ncc(Br)cc2F)cc1C. The van der Waals surface area contributed by atoms with Crippen molar-refractivity contribution in [1.29, 1.82) is 0 Å². The molecule has 2 rings (SSSR count). The summed E-state index contributed by atoms with van der Waals surface area (Å²) in [7, 11) is 0. The van der Waals surface area contributed by atoms with Gasteiger partial charge in [0.05, 0.1) is 0 Å². The minimum absolute atomic E-state index is 0.0172. The second-order valence-corrected chi connectivity index (χ2v) is 4.70. The normalized spacial score (nSPS) is 10.4. The molecular weight excluding hydrogens is 285 g/mol. The molecule has 0 N–H and O–H groups in total. The molecule has 0 saturated heterocycles. The molecule has 0 aliphatic heterocycles. The Balaban J connectivity index is 2.28. The van der Waals surface area contributed by atoms with Gasteiger partial charge in [-0.2, -0.15) is 0 Å². The molecule has 0 radical (unpaired) electrons. The Kier molecular flexibility index (Phi) is 3.43. The van der Waals surface area contributed by atoms with Gasteiger partial charge in [-0.15, -0.1) is 0 Å². The fourth-order valence-electron chi connectivity index (χ4n) is 1.37. The van der Waals surface area contributed by atoms with Crippen LogP contribution in [0.4, 0.5) is 4.39 Å².